The molecule has 0 spiro atoms. The summed E-state index contributed by atoms with van der Waals surface area (Å²) < 4.78 is 11.1. The maximum atomic E-state index is 6.56. The number of furan rings is 1. The van der Waals surface area contributed by atoms with Crippen LogP contribution in [0.2, 0.25) is 0 Å². The second-order valence-corrected chi connectivity index (χ2v) is 14.4. The molecule has 0 radical (unpaired) electrons. The molecule has 12 rings (SSSR count). The van der Waals surface area contributed by atoms with Crippen LogP contribution in [-0.4, -0.2) is 24.1 Å². The van der Waals surface area contributed by atoms with Crippen LogP contribution in [0.25, 0.3) is 111 Å². The van der Waals surface area contributed by atoms with Gasteiger partial charge >= 0.3 is 0 Å². The summed E-state index contributed by atoms with van der Waals surface area (Å²) >= 11 is 0. The molecule has 6 nitrogen and oxygen atoms in total. The highest BCUT2D eigenvalue weighted by Gasteiger charge is 2.23. The second kappa shape index (κ2) is 12.3. The molecule has 0 bridgehead atoms. The first-order valence-corrected chi connectivity index (χ1v) is 19.1. The predicted octanol–water partition coefficient (Wildman–Crippen LogP) is 13.0. The molecule has 0 amide bonds. The molecule has 0 saturated carbocycles. The van der Waals surface area contributed by atoms with Crippen molar-refractivity contribution < 1.29 is 4.42 Å². The van der Waals surface area contributed by atoms with Crippen molar-refractivity contribution in [2.24, 2.45) is 0 Å². The van der Waals surface area contributed by atoms with Gasteiger partial charge in [0, 0.05) is 49.1 Å². The Morgan fingerprint density at radius 3 is 1.77 bits per heavy atom. The molecule has 0 aliphatic rings. The molecule has 266 valence electrons. The van der Waals surface area contributed by atoms with E-state index in [1.165, 1.54) is 0 Å². The minimum Gasteiger partial charge on any atom is -0.456 e. The summed E-state index contributed by atoms with van der Waals surface area (Å²) in [5, 5.41) is 6.71. The van der Waals surface area contributed by atoms with E-state index in [9.17, 15) is 0 Å². The van der Waals surface area contributed by atoms with E-state index in [-0.39, 0.29) is 0 Å². The lowest BCUT2D eigenvalue weighted by atomic mass is 9.99. The summed E-state index contributed by atoms with van der Waals surface area (Å²) in [5.41, 5.74) is 11.1. The largest absolute Gasteiger partial charge is 0.456 e. The fourth-order valence-electron chi connectivity index (χ4n) is 8.70. The van der Waals surface area contributed by atoms with Gasteiger partial charge in [-0.2, -0.15) is 9.97 Å². The van der Waals surface area contributed by atoms with Gasteiger partial charge in [-0.3, -0.25) is 4.57 Å². The fraction of sp³-hybridized carbons (Fsp3) is 0. The molecular weight excluding hydrogens is 699 g/mol. The zero-order valence-corrected chi connectivity index (χ0v) is 30.5. The predicted molar refractivity (Wildman–Crippen MR) is 232 cm³/mol. The van der Waals surface area contributed by atoms with Gasteiger partial charge in [0.2, 0.25) is 5.95 Å². The summed E-state index contributed by atoms with van der Waals surface area (Å²) in [7, 11) is 0. The van der Waals surface area contributed by atoms with Crippen molar-refractivity contribution in [3.63, 3.8) is 0 Å². The molecule has 57 heavy (non-hydrogen) atoms. The third-order valence-electron chi connectivity index (χ3n) is 11.2. The lowest BCUT2D eigenvalue weighted by Gasteiger charge is -2.12. The zero-order valence-electron chi connectivity index (χ0n) is 30.5. The van der Waals surface area contributed by atoms with Gasteiger partial charge in [-0.25, -0.2) is 4.98 Å². The van der Waals surface area contributed by atoms with Crippen molar-refractivity contribution in [2.45, 2.75) is 0 Å². The van der Waals surface area contributed by atoms with Crippen LogP contribution < -0.4 is 0 Å². The van der Waals surface area contributed by atoms with Crippen LogP contribution in [0.4, 0.5) is 0 Å². The Morgan fingerprint density at radius 2 is 1.00 bits per heavy atom. The van der Waals surface area contributed by atoms with E-state index < -0.39 is 0 Å². The first-order chi connectivity index (χ1) is 28.3. The molecule has 0 N–H and O–H groups in total. The lowest BCUT2D eigenvalue weighted by Crippen LogP contribution is -2.06. The summed E-state index contributed by atoms with van der Waals surface area (Å²) in [6, 6.07) is 65.4. The molecule has 0 unspecified atom stereocenters. The van der Waals surface area contributed by atoms with Crippen LogP contribution in [0.1, 0.15) is 0 Å². The van der Waals surface area contributed by atoms with E-state index in [2.05, 4.69) is 155 Å². The Kier molecular flexibility index (Phi) is 6.83. The third-order valence-corrected chi connectivity index (χ3v) is 11.2. The summed E-state index contributed by atoms with van der Waals surface area (Å²) in [6.07, 6.45) is 0. The maximum absolute atomic E-state index is 6.56. The van der Waals surface area contributed by atoms with Crippen LogP contribution in [-0.2, 0) is 0 Å². The van der Waals surface area contributed by atoms with Gasteiger partial charge in [0.15, 0.2) is 11.6 Å². The van der Waals surface area contributed by atoms with Gasteiger partial charge in [-0.15, -0.1) is 0 Å². The summed E-state index contributed by atoms with van der Waals surface area (Å²) in [4.78, 5) is 15.8. The molecule has 8 aromatic carbocycles. The quantitative estimate of drug-likeness (QED) is 0.177. The number of rotatable bonds is 5. The molecule has 0 aliphatic carbocycles. The average molecular weight is 730 g/mol. The Hall–Kier alpha value is -7.83. The number of para-hydroxylation sites is 3. The third kappa shape index (κ3) is 4.81. The molecule has 0 aliphatic heterocycles. The molecule has 4 aromatic heterocycles. The Balaban J connectivity index is 1.15. The maximum Gasteiger partial charge on any atom is 0.238 e. The van der Waals surface area contributed by atoms with Crippen LogP contribution >= 0.6 is 0 Å². The van der Waals surface area contributed by atoms with Crippen molar-refractivity contribution >= 4 is 65.6 Å². The van der Waals surface area contributed by atoms with Crippen molar-refractivity contribution in [3.8, 4) is 45.5 Å². The molecule has 0 saturated heterocycles. The SMILES string of the molecule is c1ccc(-c2nc(-c3ccc4c(c3)oc3cccc(-c5ccccc5)c34)nc(-n3c4ccccc4c4ccc5c(c6ccccc6n5-c5ccccc5)c43)n2)cc1. The second-order valence-electron chi connectivity index (χ2n) is 14.4. The first-order valence-electron chi connectivity index (χ1n) is 19.1. The smallest absolute Gasteiger partial charge is 0.238 e. The molecule has 12 aromatic rings. The van der Waals surface area contributed by atoms with Gasteiger partial charge in [-0.05, 0) is 59.7 Å². The number of benzene rings is 8. The van der Waals surface area contributed by atoms with Crippen LogP contribution in [0, 0.1) is 0 Å². The zero-order chi connectivity index (χ0) is 37.5. The summed E-state index contributed by atoms with van der Waals surface area (Å²) in [6.45, 7) is 0. The highest BCUT2D eigenvalue weighted by Crippen LogP contribution is 2.42. The Morgan fingerprint density at radius 1 is 0.368 bits per heavy atom. The van der Waals surface area contributed by atoms with E-state index in [1.807, 2.05) is 42.5 Å². The first kappa shape index (κ1) is 31.5. The minimum atomic E-state index is 0.546. The van der Waals surface area contributed by atoms with E-state index >= 15 is 0 Å². The van der Waals surface area contributed by atoms with Crippen molar-refractivity contribution in [3.05, 3.63) is 188 Å². The number of fused-ring (bicyclic) bond motifs is 10. The number of nitrogens with zero attached hydrogens (tertiary/aromatic N) is 5. The van der Waals surface area contributed by atoms with E-state index in [0.29, 0.717) is 17.6 Å². The van der Waals surface area contributed by atoms with E-state index in [4.69, 9.17) is 19.4 Å². The van der Waals surface area contributed by atoms with Crippen LogP contribution in [0.15, 0.2) is 192 Å². The van der Waals surface area contributed by atoms with E-state index in [1.54, 1.807) is 0 Å². The normalized spacial score (nSPS) is 11.9. The Labute approximate surface area is 326 Å². The standard InChI is InChI=1S/C51H31N5O/c1-4-15-32(16-5-1)36-23-14-26-44-46(36)40-28-27-34(31-45(40)57-44)50-52-49(33-17-6-2-7-18-33)53-51(54-50)56-41-24-12-10-21-37(41)38-29-30-43-47(48(38)56)39-22-11-13-25-42(39)55(43)35-19-8-3-9-20-35/h1-31H. The van der Waals surface area contributed by atoms with Crippen molar-refractivity contribution in [2.75, 3.05) is 0 Å². The highest BCUT2D eigenvalue weighted by molar-refractivity contribution is 6.26. The van der Waals surface area contributed by atoms with Gasteiger partial charge in [-0.1, -0.05) is 140 Å². The highest BCUT2D eigenvalue weighted by atomic mass is 16.3. The number of hydrogen-bond acceptors (Lipinski definition) is 4. The van der Waals surface area contributed by atoms with Crippen molar-refractivity contribution in [1.82, 2.24) is 24.1 Å². The fourth-order valence-corrected chi connectivity index (χ4v) is 8.70. The van der Waals surface area contributed by atoms with Gasteiger partial charge in [0.1, 0.15) is 11.2 Å². The number of aromatic nitrogens is 5. The average Bonchev–Trinajstić information content (AvgIpc) is 3.94. The van der Waals surface area contributed by atoms with Gasteiger partial charge in [0.25, 0.3) is 0 Å². The summed E-state index contributed by atoms with van der Waals surface area (Å²) in [5.74, 6) is 1.70. The number of hydrogen-bond donors (Lipinski definition) is 0. The minimum absolute atomic E-state index is 0.546. The van der Waals surface area contributed by atoms with Crippen molar-refractivity contribution in [1.29, 1.82) is 0 Å². The topological polar surface area (TPSA) is 61.7 Å². The van der Waals surface area contributed by atoms with Crippen LogP contribution in [0.3, 0.4) is 0 Å². The molecule has 0 atom stereocenters. The monoisotopic (exact) mass is 729 g/mol. The molecule has 0 fully saturated rings. The van der Waals surface area contributed by atoms with E-state index in [0.717, 1.165) is 93.5 Å². The van der Waals surface area contributed by atoms with Crippen LogP contribution in [0.5, 0.6) is 0 Å². The molecule has 4 heterocycles. The van der Waals surface area contributed by atoms with Gasteiger partial charge in [0.05, 0.1) is 22.1 Å². The van der Waals surface area contributed by atoms with Gasteiger partial charge < -0.3 is 8.98 Å². The Bertz CT molecular complexity index is 3510. The molecular formula is C51H31N5O. The lowest BCUT2D eigenvalue weighted by molar-refractivity contribution is 0.669. The molecule has 6 heteroatoms.